The highest BCUT2D eigenvalue weighted by Gasteiger charge is 2.28. The van der Waals surface area contributed by atoms with Crippen LogP contribution in [0.15, 0.2) is 16.8 Å². The lowest BCUT2D eigenvalue weighted by atomic mass is 9.89. The first-order valence-corrected chi connectivity index (χ1v) is 7.83. The van der Waals surface area contributed by atoms with E-state index in [1.807, 2.05) is 11.3 Å². The molecule has 3 rings (SSSR count). The van der Waals surface area contributed by atoms with Gasteiger partial charge in [0.25, 0.3) is 0 Å². The van der Waals surface area contributed by atoms with Crippen molar-refractivity contribution in [3.63, 3.8) is 0 Å². The average Bonchev–Trinajstić information content (AvgIpc) is 3.01. The molecule has 2 fully saturated rings. The fourth-order valence-electron chi connectivity index (χ4n) is 3.32. The maximum Gasteiger partial charge on any atom is 0.0242 e. The van der Waals surface area contributed by atoms with Gasteiger partial charge in [0, 0.05) is 19.1 Å². The van der Waals surface area contributed by atoms with E-state index in [1.165, 1.54) is 50.9 Å². The van der Waals surface area contributed by atoms with E-state index in [0.29, 0.717) is 0 Å². The summed E-state index contributed by atoms with van der Waals surface area (Å²) in [5.41, 5.74) is 1.50. The SMILES string of the molecule is c1cc(CN2CCCC(C3CCCN3)C2)cs1. The van der Waals surface area contributed by atoms with Crippen molar-refractivity contribution in [1.29, 1.82) is 0 Å². The van der Waals surface area contributed by atoms with Gasteiger partial charge in [0.15, 0.2) is 0 Å². The Morgan fingerprint density at radius 2 is 2.35 bits per heavy atom. The van der Waals surface area contributed by atoms with Crippen LogP contribution < -0.4 is 5.32 Å². The summed E-state index contributed by atoms with van der Waals surface area (Å²) in [5.74, 6) is 0.893. The third kappa shape index (κ3) is 2.90. The summed E-state index contributed by atoms with van der Waals surface area (Å²) in [6, 6.07) is 3.07. The molecule has 3 heterocycles. The van der Waals surface area contributed by atoms with Gasteiger partial charge in [0.1, 0.15) is 0 Å². The first-order valence-electron chi connectivity index (χ1n) is 6.88. The van der Waals surface area contributed by atoms with Crippen LogP contribution in [-0.4, -0.2) is 30.6 Å². The third-order valence-corrected chi connectivity index (χ3v) is 4.93. The molecule has 0 aliphatic carbocycles. The lowest BCUT2D eigenvalue weighted by Crippen LogP contribution is -2.43. The Hall–Kier alpha value is -0.380. The summed E-state index contributed by atoms with van der Waals surface area (Å²) in [7, 11) is 0. The van der Waals surface area contributed by atoms with Gasteiger partial charge < -0.3 is 5.32 Å². The van der Waals surface area contributed by atoms with Gasteiger partial charge >= 0.3 is 0 Å². The second kappa shape index (κ2) is 5.51. The van der Waals surface area contributed by atoms with Gasteiger partial charge in [-0.2, -0.15) is 11.3 Å². The summed E-state index contributed by atoms with van der Waals surface area (Å²) in [5, 5.41) is 8.16. The van der Waals surface area contributed by atoms with Crippen molar-refractivity contribution >= 4 is 11.3 Å². The van der Waals surface area contributed by atoms with Crippen LogP contribution in [-0.2, 0) is 6.54 Å². The topological polar surface area (TPSA) is 15.3 Å². The van der Waals surface area contributed by atoms with E-state index < -0.39 is 0 Å². The normalized spacial score (nSPS) is 30.8. The van der Waals surface area contributed by atoms with Gasteiger partial charge in [0.2, 0.25) is 0 Å². The van der Waals surface area contributed by atoms with Crippen LogP contribution in [0.25, 0.3) is 0 Å². The van der Waals surface area contributed by atoms with Crippen molar-refractivity contribution < 1.29 is 0 Å². The van der Waals surface area contributed by atoms with Crippen LogP contribution in [0.5, 0.6) is 0 Å². The van der Waals surface area contributed by atoms with Crippen LogP contribution in [0.4, 0.5) is 0 Å². The van der Waals surface area contributed by atoms with E-state index in [1.54, 1.807) is 0 Å². The molecule has 2 aliphatic rings. The molecule has 0 saturated carbocycles. The minimum atomic E-state index is 0.806. The quantitative estimate of drug-likeness (QED) is 0.887. The molecular formula is C14H22N2S. The maximum atomic E-state index is 3.68. The van der Waals surface area contributed by atoms with Gasteiger partial charge in [0.05, 0.1) is 0 Å². The van der Waals surface area contributed by atoms with Gasteiger partial charge in [-0.1, -0.05) is 0 Å². The zero-order valence-corrected chi connectivity index (χ0v) is 11.2. The van der Waals surface area contributed by atoms with E-state index in [2.05, 4.69) is 27.0 Å². The molecule has 1 N–H and O–H groups in total. The monoisotopic (exact) mass is 250 g/mol. The fraction of sp³-hybridized carbons (Fsp3) is 0.714. The molecule has 2 atom stereocenters. The molecule has 0 radical (unpaired) electrons. The van der Waals surface area contributed by atoms with Gasteiger partial charge in [-0.3, -0.25) is 4.90 Å². The van der Waals surface area contributed by atoms with Crippen LogP contribution >= 0.6 is 11.3 Å². The molecule has 2 unspecified atom stereocenters. The Labute approximate surface area is 108 Å². The minimum Gasteiger partial charge on any atom is -0.314 e. The molecule has 0 spiro atoms. The number of piperidine rings is 1. The molecule has 2 aliphatic heterocycles. The predicted molar refractivity (Wildman–Crippen MR) is 73.3 cm³/mol. The van der Waals surface area contributed by atoms with E-state index in [4.69, 9.17) is 0 Å². The number of nitrogens with one attached hydrogen (secondary N) is 1. The smallest absolute Gasteiger partial charge is 0.0242 e. The average molecular weight is 250 g/mol. The fourth-order valence-corrected chi connectivity index (χ4v) is 3.98. The molecule has 17 heavy (non-hydrogen) atoms. The van der Waals surface area contributed by atoms with E-state index in [9.17, 15) is 0 Å². The first-order chi connectivity index (χ1) is 8.42. The van der Waals surface area contributed by atoms with Crippen molar-refractivity contribution in [2.75, 3.05) is 19.6 Å². The number of likely N-dealkylation sites (tertiary alicyclic amines) is 1. The first kappa shape index (κ1) is 11.7. The largest absolute Gasteiger partial charge is 0.314 e. The minimum absolute atomic E-state index is 0.806. The van der Waals surface area contributed by atoms with Crippen molar-refractivity contribution in [1.82, 2.24) is 10.2 Å². The Balaban J connectivity index is 1.55. The molecule has 2 nitrogen and oxygen atoms in total. The summed E-state index contributed by atoms with van der Waals surface area (Å²) in [6.45, 7) is 4.99. The maximum absolute atomic E-state index is 3.68. The summed E-state index contributed by atoms with van der Waals surface area (Å²) >= 11 is 1.82. The molecule has 0 aromatic carbocycles. The van der Waals surface area contributed by atoms with E-state index >= 15 is 0 Å². The molecule has 0 amide bonds. The molecule has 1 aromatic rings. The standard InChI is InChI=1S/C14H22N2S/c1-4-14(15-6-1)13-3-2-7-16(10-13)9-12-5-8-17-11-12/h5,8,11,13-15H,1-4,6-7,9-10H2. The number of hydrogen-bond donors (Lipinski definition) is 1. The second-order valence-corrected chi connectivity index (χ2v) is 6.25. The van der Waals surface area contributed by atoms with E-state index in [0.717, 1.165) is 18.5 Å². The van der Waals surface area contributed by atoms with Gasteiger partial charge in [-0.15, -0.1) is 0 Å². The summed E-state index contributed by atoms with van der Waals surface area (Å²) in [6.07, 6.45) is 5.59. The van der Waals surface area contributed by atoms with Crippen molar-refractivity contribution in [3.8, 4) is 0 Å². The third-order valence-electron chi connectivity index (χ3n) is 4.20. The van der Waals surface area contributed by atoms with Crippen LogP contribution in [0.2, 0.25) is 0 Å². The highest BCUT2D eigenvalue weighted by molar-refractivity contribution is 7.07. The van der Waals surface area contributed by atoms with Crippen molar-refractivity contribution in [2.24, 2.45) is 5.92 Å². The molecule has 0 bridgehead atoms. The number of hydrogen-bond acceptors (Lipinski definition) is 3. The molecule has 94 valence electrons. The number of thiophene rings is 1. The summed E-state index contributed by atoms with van der Waals surface area (Å²) in [4.78, 5) is 2.65. The van der Waals surface area contributed by atoms with Crippen LogP contribution in [0.3, 0.4) is 0 Å². The molecule has 2 saturated heterocycles. The second-order valence-electron chi connectivity index (χ2n) is 5.47. The lowest BCUT2D eigenvalue weighted by molar-refractivity contribution is 0.145. The zero-order chi connectivity index (χ0) is 11.5. The van der Waals surface area contributed by atoms with Crippen molar-refractivity contribution in [3.05, 3.63) is 22.4 Å². The molecular weight excluding hydrogens is 228 g/mol. The number of rotatable bonds is 3. The van der Waals surface area contributed by atoms with Crippen LogP contribution in [0.1, 0.15) is 31.2 Å². The predicted octanol–water partition coefficient (Wildman–Crippen LogP) is 2.71. The zero-order valence-electron chi connectivity index (χ0n) is 10.4. The Bertz CT molecular complexity index is 330. The Kier molecular flexibility index (Phi) is 3.79. The summed E-state index contributed by atoms with van der Waals surface area (Å²) < 4.78 is 0. The lowest BCUT2D eigenvalue weighted by Gasteiger charge is -2.35. The van der Waals surface area contributed by atoms with E-state index in [-0.39, 0.29) is 0 Å². The molecule has 1 aromatic heterocycles. The van der Waals surface area contributed by atoms with Crippen molar-refractivity contribution in [2.45, 2.75) is 38.3 Å². The number of nitrogens with zero attached hydrogens (tertiary/aromatic N) is 1. The molecule has 3 heteroatoms. The van der Waals surface area contributed by atoms with Crippen LogP contribution in [0, 0.1) is 5.92 Å². The highest BCUT2D eigenvalue weighted by Crippen LogP contribution is 2.25. The Morgan fingerprint density at radius 1 is 1.35 bits per heavy atom. The van der Waals surface area contributed by atoms with Gasteiger partial charge in [-0.25, -0.2) is 0 Å². The highest BCUT2D eigenvalue weighted by atomic mass is 32.1. The Morgan fingerprint density at radius 3 is 3.12 bits per heavy atom. The van der Waals surface area contributed by atoms with Gasteiger partial charge in [-0.05, 0) is 67.1 Å².